The normalized spacial score (nSPS) is 11.6. The SMILES string of the molecule is c1ccc(-c2nc(-c3ccccc3-c3cc4c5ccccc5ccc4c4ccccc34)nc(-c3c(-c4ccccc4)ccc4oc5ccccc5c34)n2)cc1. The maximum absolute atomic E-state index is 6.45. The van der Waals surface area contributed by atoms with Crippen LogP contribution < -0.4 is 0 Å². The third-order valence-corrected chi connectivity index (χ3v) is 10.7. The first kappa shape index (κ1) is 31.1. The van der Waals surface area contributed by atoms with Gasteiger partial charge < -0.3 is 4.42 Å². The minimum atomic E-state index is 0.587. The third kappa shape index (κ3) is 5.11. The average molecular weight is 702 g/mol. The Morgan fingerprint density at radius 1 is 0.309 bits per heavy atom. The van der Waals surface area contributed by atoms with Crippen LogP contribution in [0.3, 0.4) is 0 Å². The highest BCUT2D eigenvalue weighted by Gasteiger charge is 2.23. The van der Waals surface area contributed by atoms with Gasteiger partial charge >= 0.3 is 0 Å². The van der Waals surface area contributed by atoms with Gasteiger partial charge in [0.15, 0.2) is 17.5 Å². The second-order valence-corrected chi connectivity index (χ2v) is 13.9. The van der Waals surface area contributed by atoms with Gasteiger partial charge in [0.1, 0.15) is 11.2 Å². The maximum Gasteiger partial charge on any atom is 0.165 e. The molecular weight excluding hydrogens is 671 g/mol. The molecule has 0 unspecified atom stereocenters. The summed E-state index contributed by atoms with van der Waals surface area (Å²) in [6.07, 6.45) is 0. The molecule has 0 N–H and O–H groups in total. The van der Waals surface area contributed by atoms with Crippen LogP contribution in [0.1, 0.15) is 0 Å². The summed E-state index contributed by atoms with van der Waals surface area (Å²) in [6, 6.07) is 65.7. The lowest BCUT2D eigenvalue weighted by Crippen LogP contribution is -2.02. The van der Waals surface area contributed by atoms with Crippen molar-refractivity contribution in [1.29, 1.82) is 0 Å². The molecule has 0 bridgehead atoms. The minimum absolute atomic E-state index is 0.587. The summed E-state index contributed by atoms with van der Waals surface area (Å²) < 4.78 is 6.45. The van der Waals surface area contributed by atoms with Crippen molar-refractivity contribution in [2.75, 3.05) is 0 Å². The zero-order chi connectivity index (χ0) is 36.3. The Hall–Kier alpha value is -7.43. The molecule has 55 heavy (non-hydrogen) atoms. The van der Waals surface area contributed by atoms with Gasteiger partial charge in [-0.15, -0.1) is 0 Å². The van der Waals surface area contributed by atoms with E-state index in [2.05, 4.69) is 152 Å². The summed E-state index contributed by atoms with van der Waals surface area (Å²) in [7, 11) is 0. The zero-order valence-electron chi connectivity index (χ0n) is 29.6. The number of nitrogens with zero attached hydrogens (tertiary/aromatic N) is 3. The Kier molecular flexibility index (Phi) is 7.14. The molecule has 4 heteroatoms. The number of fused-ring (bicyclic) bond motifs is 8. The third-order valence-electron chi connectivity index (χ3n) is 10.7. The molecule has 2 aromatic heterocycles. The second kappa shape index (κ2) is 12.6. The number of para-hydroxylation sites is 1. The summed E-state index contributed by atoms with van der Waals surface area (Å²) in [6.45, 7) is 0. The van der Waals surface area contributed by atoms with Crippen LogP contribution >= 0.6 is 0 Å². The Morgan fingerprint density at radius 3 is 1.73 bits per heavy atom. The van der Waals surface area contributed by atoms with Crippen LogP contribution in [-0.2, 0) is 0 Å². The van der Waals surface area contributed by atoms with Crippen molar-refractivity contribution in [2.24, 2.45) is 0 Å². The lowest BCUT2D eigenvalue weighted by Gasteiger charge is -2.17. The molecule has 0 aliphatic heterocycles. The predicted octanol–water partition coefficient (Wildman–Crippen LogP) is 13.6. The number of rotatable bonds is 5. The highest BCUT2D eigenvalue weighted by molar-refractivity contribution is 6.21. The van der Waals surface area contributed by atoms with Crippen LogP contribution in [0, 0.1) is 0 Å². The monoisotopic (exact) mass is 701 g/mol. The van der Waals surface area contributed by atoms with E-state index in [0.717, 1.165) is 60.9 Å². The lowest BCUT2D eigenvalue weighted by molar-refractivity contribution is 0.669. The van der Waals surface area contributed by atoms with Gasteiger partial charge in [-0.1, -0.05) is 164 Å². The quantitative estimate of drug-likeness (QED) is 0.168. The summed E-state index contributed by atoms with van der Waals surface area (Å²) >= 11 is 0. The second-order valence-electron chi connectivity index (χ2n) is 13.9. The van der Waals surface area contributed by atoms with Crippen LogP contribution in [0.2, 0.25) is 0 Å². The van der Waals surface area contributed by atoms with Gasteiger partial charge in [0.05, 0.1) is 0 Å². The van der Waals surface area contributed by atoms with E-state index in [1.165, 1.54) is 32.3 Å². The molecule has 0 saturated carbocycles. The van der Waals surface area contributed by atoms with E-state index in [4.69, 9.17) is 19.4 Å². The molecule has 9 aromatic carbocycles. The van der Waals surface area contributed by atoms with Crippen molar-refractivity contribution in [1.82, 2.24) is 15.0 Å². The molecule has 0 aliphatic rings. The van der Waals surface area contributed by atoms with Gasteiger partial charge in [0.2, 0.25) is 0 Å². The molecule has 256 valence electrons. The number of hydrogen-bond donors (Lipinski definition) is 0. The topological polar surface area (TPSA) is 51.8 Å². The van der Waals surface area contributed by atoms with E-state index in [0.29, 0.717) is 17.5 Å². The molecule has 0 saturated heterocycles. The van der Waals surface area contributed by atoms with Gasteiger partial charge in [-0.05, 0) is 78.8 Å². The highest BCUT2D eigenvalue weighted by Crippen LogP contribution is 2.44. The molecule has 0 radical (unpaired) electrons. The van der Waals surface area contributed by atoms with Crippen LogP contribution in [0.4, 0.5) is 0 Å². The first-order valence-electron chi connectivity index (χ1n) is 18.5. The van der Waals surface area contributed by atoms with Crippen molar-refractivity contribution in [3.8, 4) is 56.4 Å². The number of benzene rings is 9. The average Bonchev–Trinajstić information content (AvgIpc) is 3.65. The van der Waals surface area contributed by atoms with Crippen LogP contribution in [0.25, 0.3) is 111 Å². The molecule has 0 atom stereocenters. The van der Waals surface area contributed by atoms with Crippen LogP contribution in [0.15, 0.2) is 192 Å². The van der Waals surface area contributed by atoms with E-state index in [9.17, 15) is 0 Å². The van der Waals surface area contributed by atoms with E-state index in [1.54, 1.807) is 0 Å². The van der Waals surface area contributed by atoms with E-state index in [-0.39, 0.29) is 0 Å². The van der Waals surface area contributed by atoms with E-state index < -0.39 is 0 Å². The molecule has 0 amide bonds. The van der Waals surface area contributed by atoms with Crippen molar-refractivity contribution in [3.63, 3.8) is 0 Å². The molecule has 11 rings (SSSR count). The fraction of sp³-hybridized carbons (Fsp3) is 0. The molecule has 0 fully saturated rings. The Morgan fingerprint density at radius 2 is 0.909 bits per heavy atom. The molecule has 11 aromatic rings. The molecular formula is C51H31N3O. The van der Waals surface area contributed by atoms with Gasteiger partial charge in [0, 0.05) is 27.5 Å². The van der Waals surface area contributed by atoms with Crippen molar-refractivity contribution >= 4 is 54.3 Å². The van der Waals surface area contributed by atoms with Crippen molar-refractivity contribution < 1.29 is 4.42 Å². The standard InChI is InChI=1S/C51H31N3O/c1-3-15-32(16-4-1)36-29-30-46-47(42-25-13-14-26-45(42)55-46)48(36)51-53-49(34-18-5-2-6-19-34)52-50(54-51)41-24-12-11-23-39(41)44-31-43-35-20-8-7-17-33(35)27-28-40(43)37-21-9-10-22-38(37)44/h1-31H. The molecule has 4 nitrogen and oxygen atoms in total. The first-order chi connectivity index (χ1) is 27.3. The first-order valence-corrected chi connectivity index (χ1v) is 18.5. The smallest absolute Gasteiger partial charge is 0.165 e. The molecule has 0 aliphatic carbocycles. The fourth-order valence-electron chi connectivity index (χ4n) is 8.23. The lowest BCUT2D eigenvalue weighted by atomic mass is 9.89. The highest BCUT2D eigenvalue weighted by atomic mass is 16.3. The maximum atomic E-state index is 6.45. The van der Waals surface area contributed by atoms with Crippen molar-refractivity contribution in [2.45, 2.75) is 0 Å². The fourth-order valence-corrected chi connectivity index (χ4v) is 8.23. The van der Waals surface area contributed by atoms with Gasteiger partial charge in [0.25, 0.3) is 0 Å². The molecule has 0 spiro atoms. The van der Waals surface area contributed by atoms with Crippen LogP contribution in [0.5, 0.6) is 0 Å². The largest absolute Gasteiger partial charge is 0.456 e. The van der Waals surface area contributed by atoms with Gasteiger partial charge in [-0.2, -0.15) is 0 Å². The predicted molar refractivity (Wildman–Crippen MR) is 227 cm³/mol. The van der Waals surface area contributed by atoms with Gasteiger partial charge in [-0.25, -0.2) is 15.0 Å². The number of furan rings is 1. The zero-order valence-corrected chi connectivity index (χ0v) is 29.6. The summed E-state index contributed by atoms with van der Waals surface area (Å²) in [5.74, 6) is 1.79. The Balaban J connectivity index is 1.23. The van der Waals surface area contributed by atoms with Crippen molar-refractivity contribution in [3.05, 3.63) is 188 Å². The Bertz CT molecular complexity index is 3260. The van der Waals surface area contributed by atoms with E-state index >= 15 is 0 Å². The summed E-state index contributed by atoms with van der Waals surface area (Å²) in [4.78, 5) is 16.0. The Labute approximate surface area is 317 Å². The molecule has 2 heterocycles. The summed E-state index contributed by atoms with van der Waals surface area (Å²) in [5, 5.41) is 9.28. The number of hydrogen-bond acceptors (Lipinski definition) is 4. The summed E-state index contributed by atoms with van der Waals surface area (Å²) in [5.41, 5.74) is 8.65. The van der Waals surface area contributed by atoms with Gasteiger partial charge in [-0.3, -0.25) is 0 Å². The number of aromatic nitrogens is 3. The minimum Gasteiger partial charge on any atom is -0.456 e. The van der Waals surface area contributed by atoms with E-state index in [1.807, 2.05) is 36.4 Å². The van der Waals surface area contributed by atoms with Crippen LogP contribution in [-0.4, -0.2) is 15.0 Å².